The summed E-state index contributed by atoms with van der Waals surface area (Å²) in [5.41, 5.74) is -5.59. The molecule has 22 heavy (non-hydrogen) atoms. The second-order valence-electron chi connectivity index (χ2n) is 5.20. The Hall–Kier alpha value is -0.740. The number of halogens is 10. The predicted octanol–water partition coefficient (Wildman–Crippen LogP) is 5.20. The number of hydrogen-bond acceptors (Lipinski definition) is 1. The summed E-state index contributed by atoms with van der Waals surface area (Å²) in [5.74, 6) is -13.1. The number of alkyl halides is 10. The summed E-state index contributed by atoms with van der Waals surface area (Å²) in [6, 6.07) is 0. The highest BCUT2D eigenvalue weighted by atomic mass is 19.4. The lowest BCUT2D eigenvalue weighted by Crippen LogP contribution is -2.69. The molecular weight excluding hydrogens is 338 g/mol. The maximum absolute atomic E-state index is 14.0. The van der Waals surface area contributed by atoms with Gasteiger partial charge in [0.2, 0.25) is 0 Å². The van der Waals surface area contributed by atoms with Crippen LogP contribution in [0, 0.1) is 5.92 Å². The molecule has 0 bridgehead atoms. The Kier molecular flexibility index (Phi) is 5.84. The van der Waals surface area contributed by atoms with Crippen molar-refractivity contribution < 1.29 is 48.6 Å². The van der Waals surface area contributed by atoms with Crippen molar-refractivity contribution in [1.29, 1.82) is 0 Å². The molecule has 0 aliphatic carbocycles. The molecule has 2 unspecified atom stereocenters. The molecule has 134 valence electrons. The van der Waals surface area contributed by atoms with Crippen LogP contribution in [-0.4, -0.2) is 36.4 Å². The molecule has 0 amide bonds. The molecule has 0 spiro atoms. The van der Waals surface area contributed by atoms with Crippen molar-refractivity contribution in [3.8, 4) is 0 Å². The van der Waals surface area contributed by atoms with Crippen molar-refractivity contribution >= 4 is 0 Å². The normalized spacial score (nSPS) is 19.9. The highest BCUT2D eigenvalue weighted by molar-refractivity contribution is 5.07. The lowest BCUT2D eigenvalue weighted by molar-refractivity contribution is -0.438. The molecule has 11 heteroatoms. The lowest BCUT2D eigenvalue weighted by Gasteiger charge is -2.42. The van der Waals surface area contributed by atoms with Gasteiger partial charge in [-0.25, -0.2) is 8.78 Å². The predicted molar refractivity (Wildman–Crippen MR) is 55.8 cm³/mol. The topological polar surface area (TPSA) is 9.23 Å². The fourth-order valence-corrected chi connectivity index (χ4v) is 1.32. The molecule has 1 nitrogen and oxygen atoms in total. The van der Waals surface area contributed by atoms with Crippen molar-refractivity contribution in [3.05, 3.63) is 0 Å². The minimum absolute atomic E-state index is 0.354. The van der Waals surface area contributed by atoms with Crippen LogP contribution in [0.5, 0.6) is 0 Å². The molecule has 0 aromatic heterocycles. The first-order valence-corrected chi connectivity index (χ1v) is 5.95. The minimum atomic E-state index is -6.78. The van der Waals surface area contributed by atoms with E-state index in [0.717, 1.165) is 0 Å². The van der Waals surface area contributed by atoms with Crippen LogP contribution in [0.25, 0.3) is 0 Å². The largest absolute Gasteiger partial charge is 0.459 e. The Morgan fingerprint density at radius 2 is 1.18 bits per heavy atom. The molecule has 0 saturated carbocycles. The molecule has 0 N–H and O–H groups in total. The van der Waals surface area contributed by atoms with E-state index in [1.165, 1.54) is 13.8 Å². The van der Waals surface area contributed by atoms with Gasteiger partial charge in [0.05, 0.1) is 6.61 Å². The monoisotopic (exact) mass is 352 g/mol. The standard InChI is InChI=1S/C11H14F10O/c1-6(2)4-5-22-9(15,7(3,12)10(16,17)18)8(13,14)11(19,20)21/h6H,4-5H2,1-3H3. The van der Waals surface area contributed by atoms with Gasteiger partial charge < -0.3 is 4.74 Å². The van der Waals surface area contributed by atoms with Crippen molar-refractivity contribution in [2.45, 2.75) is 57.0 Å². The molecule has 0 heterocycles. The molecule has 0 fully saturated rings. The Morgan fingerprint density at radius 3 is 1.45 bits per heavy atom. The van der Waals surface area contributed by atoms with E-state index in [4.69, 9.17) is 0 Å². The van der Waals surface area contributed by atoms with Crippen molar-refractivity contribution in [2.75, 3.05) is 6.61 Å². The van der Waals surface area contributed by atoms with E-state index in [2.05, 4.69) is 4.74 Å². The second-order valence-corrected chi connectivity index (χ2v) is 5.20. The molecule has 0 rings (SSSR count). The SMILES string of the molecule is CC(C)CCOC(F)(C(C)(F)C(F)(F)F)C(F)(F)C(F)(F)F. The number of ether oxygens (including phenoxy) is 1. The van der Waals surface area contributed by atoms with Crippen LogP contribution >= 0.6 is 0 Å². The van der Waals surface area contributed by atoms with E-state index in [0.29, 0.717) is 0 Å². The first-order chi connectivity index (χ1) is 9.42. The van der Waals surface area contributed by atoms with Gasteiger partial charge in [-0.05, 0) is 19.3 Å². The Bertz CT molecular complexity index is 342. The zero-order valence-corrected chi connectivity index (χ0v) is 11.7. The molecular formula is C11H14F10O. The minimum Gasteiger partial charge on any atom is -0.338 e. The Morgan fingerprint density at radius 1 is 0.773 bits per heavy atom. The molecule has 0 aliphatic heterocycles. The smallest absolute Gasteiger partial charge is 0.338 e. The van der Waals surface area contributed by atoms with Gasteiger partial charge in [0.1, 0.15) is 0 Å². The van der Waals surface area contributed by atoms with Crippen LogP contribution in [0.2, 0.25) is 0 Å². The van der Waals surface area contributed by atoms with E-state index in [9.17, 15) is 43.9 Å². The van der Waals surface area contributed by atoms with Gasteiger partial charge in [-0.2, -0.15) is 35.1 Å². The summed E-state index contributed by atoms with van der Waals surface area (Å²) in [6.07, 6.45) is -13.5. The summed E-state index contributed by atoms with van der Waals surface area (Å²) in [6.45, 7) is 0.824. The van der Waals surface area contributed by atoms with Crippen molar-refractivity contribution in [1.82, 2.24) is 0 Å². The van der Waals surface area contributed by atoms with E-state index >= 15 is 0 Å². The van der Waals surface area contributed by atoms with Gasteiger partial charge in [0.15, 0.2) is 0 Å². The van der Waals surface area contributed by atoms with Crippen molar-refractivity contribution in [2.24, 2.45) is 5.92 Å². The van der Waals surface area contributed by atoms with Gasteiger partial charge in [-0.1, -0.05) is 13.8 Å². The van der Waals surface area contributed by atoms with Crippen LogP contribution in [0.3, 0.4) is 0 Å². The summed E-state index contributed by atoms with van der Waals surface area (Å²) < 4.78 is 131. The average Bonchev–Trinajstić information content (AvgIpc) is 2.24. The maximum Gasteiger partial charge on any atom is 0.459 e. The molecule has 0 aromatic carbocycles. The third kappa shape index (κ3) is 3.60. The first kappa shape index (κ1) is 21.3. The Balaban J connectivity index is 5.89. The number of rotatable bonds is 6. The molecule has 2 atom stereocenters. The summed E-state index contributed by atoms with van der Waals surface area (Å²) in [4.78, 5) is 0. The summed E-state index contributed by atoms with van der Waals surface area (Å²) in [7, 11) is 0. The lowest BCUT2D eigenvalue weighted by atomic mass is 9.91. The first-order valence-electron chi connectivity index (χ1n) is 5.95. The second kappa shape index (κ2) is 6.04. The quantitative estimate of drug-likeness (QED) is 0.597. The fourth-order valence-electron chi connectivity index (χ4n) is 1.32. The molecule has 0 saturated heterocycles. The number of hydrogen-bond donors (Lipinski definition) is 0. The van der Waals surface area contributed by atoms with E-state index < -0.39 is 49.2 Å². The van der Waals surface area contributed by atoms with E-state index in [1.54, 1.807) is 0 Å². The highest BCUT2D eigenvalue weighted by Crippen LogP contribution is 2.56. The van der Waals surface area contributed by atoms with E-state index in [-0.39, 0.29) is 6.42 Å². The van der Waals surface area contributed by atoms with Gasteiger partial charge in [-0.15, -0.1) is 0 Å². The Labute approximate surface area is 119 Å². The fraction of sp³-hybridized carbons (Fsp3) is 1.00. The summed E-state index contributed by atoms with van der Waals surface area (Å²) >= 11 is 0. The van der Waals surface area contributed by atoms with Gasteiger partial charge in [0, 0.05) is 0 Å². The van der Waals surface area contributed by atoms with Crippen LogP contribution in [0.4, 0.5) is 43.9 Å². The zero-order valence-electron chi connectivity index (χ0n) is 11.7. The van der Waals surface area contributed by atoms with E-state index in [1.807, 2.05) is 0 Å². The highest BCUT2D eigenvalue weighted by Gasteiger charge is 2.84. The summed E-state index contributed by atoms with van der Waals surface area (Å²) in [5, 5.41) is 0. The molecule has 0 aromatic rings. The van der Waals surface area contributed by atoms with Gasteiger partial charge in [-0.3, -0.25) is 0 Å². The van der Waals surface area contributed by atoms with Crippen LogP contribution in [-0.2, 0) is 4.74 Å². The molecule has 0 aliphatic rings. The zero-order chi connectivity index (χ0) is 18.2. The van der Waals surface area contributed by atoms with Crippen molar-refractivity contribution in [3.63, 3.8) is 0 Å². The average molecular weight is 352 g/mol. The van der Waals surface area contributed by atoms with Gasteiger partial charge >= 0.3 is 24.1 Å². The third-order valence-electron chi connectivity index (χ3n) is 2.89. The maximum atomic E-state index is 14.0. The van der Waals surface area contributed by atoms with Gasteiger partial charge in [0.25, 0.3) is 5.67 Å². The molecule has 0 radical (unpaired) electrons. The third-order valence-corrected chi connectivity index (χ3v) is 2.89. The van der Waals surface area contributed by atoms with Crippen LogP contribution in [0.15, 0.2) is 0 Å². The van der Waals surface area contributed by atoms with Crippen LogP contribution in [0.1, 0.15) is 27.2 Å². The van der Waals surface area contributed by atoms with Crippen LogP contribution < -0.4 is 0 Å².